The van der Waals surface area contributed by atoms with Gasteiger partial charge in [0.15, 0.2) is 0 Å². The molecule has 0 bridgehead atoms. The second-order valence-corrected chi connectivity index (χ2v) is 13.6. The monoisotopic (exact) mass is 579 g/mol. The first-order valence-corrected chi connectivity index (χ1v) is 16.9. The molecule has 0 saturated carbocycles. The van der Waals surface area contributed by atoms with Gasteiger partial charge in [-0.3, -0.25) is 0 Å². The zero-order valence-corrected chi connectivity index (χ0v) is 25.7. The van der Waals surface area contributed by atoms with Crippen LogP contribution in [-0.2, 0) is 26.5 Å². The van der Waals surface area contributed by atoms with Gasteiger partial charge >= 0.3 is 0 Å². The molecular formula is C28H45N5O4S2. The Hall–Kier alpha value is -2.18. The number of hydrogen-bond donors (Lipinski definition) is 1. The lowest BCUT2D eigenvalue weighted by atomic mass is 10.1. The smallest absolute Gasteiger partial charge is 0.245 e. The number of sulfonamides is 2. The molecule has 1 saturated heterocycles. The minimum atomic E-state index is -3.94. The largest absolute Gasteiger partial charge is 0.384 e. The standard InChI is InChI=1S/C28H45N5O4S2/c1-6-32(7-2)38(34,35)27-23-28(39(36,37)33(8-3)9-4)26(31-20-18-30(5)19-21-31)22-25(27)29-17-13-16-24-14-11-10-12-15-24/h10-12,14-15,22-23,29H,6-9,13,16-21H2,1-5H3. The highest BCUT2D eigenvalue weighted by Crippen LogP contribution is 2.37. The molecule has 0 aliphatic carbocycles. The SMILES string of the molecule is CCN(CC)S(=O)(=O)c1cc(S(=O)(=O)N(CC)CC)c(N2CCN(C)CC2)cc1NCCCc1ccccc1. The van der Waals surface area contributed by atoms with Gasteiger partial charge in [0.2, 0.25) is 20.0 Å². The third kappa shape index (κ3) is 7.32. The van der Waals surface area contributed by atoms with Crippen molar-refractivity contribution in [3.05, 3.63) is 48.0 Å². The first-order chi connectivity index (χ1) is 18.6. The van der Waals surface area contributed by atoms with Crippen LogP contribution in [0.4, 0.5) is 11.4 Å². The second kappa shape index (κ2) is 13.9. The van der Waals surface area contributed by atoms with Crippen LogP contribution in [0.25, 0.3) is 0 Å². The van der Waals surface area contributed by atoms with E-state index in [4.69, 9.17) is 0 Å². The molecule has 3 rings (SSSR count). The van der Waals surface area contributed by atoms with E-state index in [1.807, 2.05) is 25.2 Å². The average molecular weight is 580 g/mol. The molecule has 0 aromatic heterocycles. The van der Waals surface area contributed by atoms with Gasteiger partial charge in [0, 0.05) is 58.9 Å². The lowest BCUT2D eigenvalue weighted by Gasteiger charge is -2.36. The molecule has 2 aromatic rings. The van der Waals surface area contributed by atoms with Gasteiger partial charge in [-0.15, -0.1) is 0 Å². The summed E-state index contributed by atoms with van der Waals surface area (Å²) in [4.78, 5) is 4.34. The van der Waals surface area contributed by atoms with Crippen molar-refractivity contribution in [3.8, 4) is 0 Å². The molecule has 1 N–H and O–H groups in total. The Morgan fingerprint density at radius 2 is 1.31 bits per heavy atom. The fraction of sp³-hybridized carbons (Fsp3) is 0.571. The van der Waals surface area contributed by atoms with Crippen LogP contribution in [0.5, 0.6) is 0 Å². The summed E-state index contributed by atoms with van der Waals surface area (Å²) in [5.74, 6) is 0. The van der Waals surface area contributed by atoms with Crippen molar-refractivity contribution in [2.75, 3.05) is 76.2 Å². The Balaban J connectivity index is 2.12. The van der Waals surface area contributed by atoms with Gasteiger partial charge in [-0.05, 0) is 37.6 Å². The Morgan fingerprint density at radius 1 is 0.769 bits per heavy atom. The van der Waals surface area contributed by atoms with Gasteiger partial charge in [-0.1, -0.05) is 58.0 Å². The molecule has 0 spiro atoms. The lowest BCUT2D eigenvalue weighted by molar-refractivity contribution is 0.312. The molecule has 2 aromatic carbocycles. The topological polar surface area (TPSA) is 93.3 Å². The minimum Gasteiger partial charge on any atom is -0.384 e. The van der Waals surface area contributed by atoms with Crippen LogP contribution in [0.2, 0.25) is 0 Å². The second-order valence-electron chi connectivity index (χ2n) is 9.80. The maximum Gasteiger partial charge on any atom is 0.245 e. The number of nitrogens with one attached hydrogen (secondary N) is 1. The first-order valence-electron chi connectivity index (χ1n) is 14.0. The summed E-state index contributed by atoms with van der Waals surface area (Å²) >= 11 is 0. The maximum atomic E-state index is 13.9. The number of anilines is 2. The number of likely N-dealkylation sites (N-methyl/N-ethyl adjacent to an activating group) is 1. The predicted octanol–water partition coefficient (Wildman–Crippen LogP) is 3.54. The molecule has 11 heteroatoms. The molecule has 0 amide bonds. The molecular weight excluding hydrogens is 534 g/mol. The van der Waals surface area contributed by atoms with Crippen molar-refractivity contribution >= 4 is 31.4 Å². The van der Waals surface area contributed by atoms with Crippen LogP contribution in [0, 0.1) is 0 Å². The van der Waals surface area contributed by atoms with Crippen molar-refractivity contribution in [1.82, 2.24) is 13.5 Å². The lowest BCUT2D eigenvalue weighted by Crippen LogP contribution is -2.45. The molecule has 1 fully saturated rings. The maximum absolute atomic E-state index is 13.9. The predicted molar refractivity (Wildman–Crippen MR) is 160 cm³/mol. The third-order valence-corrected chi connectivity index (χ3v) is 11.5. The number of benzene rings is 2. The van der Waals surface area contributed by atoms with Crippen LogP contribution in [0.1, 0.15) is 39.7 Å². The molecule has 1 aliphatic heterocycles. The number of piperazine rings is 1. The molecule has 0 unspecified atom stereocenters. The summed E-state index contributed by atoms with van der Waals surface area (Å²) in [7, 11) is -5.82. The van der Waals surface area contributed by atoms with Gasteiger partial charge in [0.05, 0.1) is 11.4 Å². The van der Waals surface area contributed by atoms with Crippen molar-refractivity contribution < 1.29 is 16.8 Å². The minimum absolute atomic E-state index is 0.00881. The Kier molecular flexibility index (Phi) is 11.2. The quantitative estimate of drug-likeness (QED) is 0.342. The summed E-state index contributed by atoms with van der Waals surface area (Å²) in [5, 5.41) is 3.37. The molecule has 0 atom stereocenters. The van der Waals surface area contributed by atoms with Crippen molar-refractivity contribution in [2.24, 2.45) is 0 Å². The van der Waals surface area contributed by atoms with E-state index in [0.29, 0.717) is 57.2 Å². The van der Waals surface area contributed by atoms with Gasteiger partial charge < -0.3 is 15.1 Å². The number of rotatable bonds is 14. The number of nitrogens with zero attached hydrogens (tertiary/aromatic N) is 4. The van der Waals surface area contributed by atoms with Crippen molar-refractivity contribution in [3.63, 3.8) is 0 Å². The Bertz CT molecular complexity index is 1270. The molecule has 0 radical (unpaired) electrons. The molecule has 1 heterocycles. The summed E-state index contributed by atoms with van der Waals surface area (Å²) in [6.07, 6.45) is 1.66. The average Bonchev–Trinajstić information content (AvgIpc) is 2.92. The number of hydrogen-bond acceptors (Lipinski definition) is 7. The Morgan fingerprint density at radius 3 is 1.85 bits per heavy atom. The van der Waals surface area contributed by atoms with Crippen LogP contribution >= 0.6 is 0 Å². The fourth-order valence-electron chi connectivity index (χ4n) is 4.97. The van der Waals surface area contributed by atoms with E-state index in [1.165, 1.54) is 20.2 Å². The molecule has 1 aliphatic rings. The highest BCUT2D eigenvalue weighted by atomic mass is 32.2. The molecule has 218 valence electrons. The highest BCUT2D eigenvalue weighted by molar-refractivity contribution is 7.90. The third-order valence-electron chi connectivity index (χ3n) is 7.35. The van der Waals surface area contributed by atoms with Crippen LogP contribution in [0.3, 0.4) is 0 Å². The number of aryl methyl sites for hydroxylation is 1. The normalized spacial score (nSPS) is 15.3. The van der Waals surface area contributed by atoms with E-state index in [0.717, 1.165) is 25.9 Å². The highest BCUT2D eigenvalue weighted by Gasteiger charge is 2.33. The van der Waals surface area contributed by atoms with Crippen LogP contribution < -0.4 is 10.2 Å². The van der Waals surface area contributed by atoms with Gasteiger partial charge in [-0.2, -0.15) is 8.61 Å². The zero-order chi connectivity index (χ0) is 28.6. The van der Waals surface area contributed by atoms with Crippen molar-refractivity contribution in [2.45, 2.75) is 50.3 Å². The van der Waals surface area contributed by atoms with Crippen molar-refractivity contribution in [1.29, 1.82) is 0 Å². The van der Waals surface area contributed by atoms with E-state index in [9.17, 15) is 16.8 Å². The first kappa shape index (κ1) is 31.3. The summed E-state index contributed by atoms with van der Waals surface area (Å²) in [6, 6.07) is 13.3. The van der Waals surface area contributed by atoms with Gasteiger partial charge in [0.1, 0.15) is 9.79 Å². The van der Waals surface area contributed by atoms with E-state index >= 15 is 0 Å². The van der Waals surface area contributed by atoms with Crippen LogP contribution in [-0.4, -0.2) is 96.3 Å². The molecule has 9 nitrogen and oxygen atoms in total. The summed E-state index contributed by atoms with van der Waals surface area (Å²) < 4.78 is 58.3. The summed E-state index contributed by atoms with van der Waals surface area (Å²) in [6.45, 7) is 11.8. The Labute approximate surface area is 235 Å². The zero-order valence-electron chi connectivity index (χ0n) is 24.1. The summed E-state index contributed by atoms with van der Waals surface area (Å²) in [5.41, 5.74) is 2.22. The van der Waals surface area contributed by atoms with E-state index < -0.39 is 20.0 Å². The van der Waals surface area contributed by atoms with Crippen LogP contribution in [0.15, 0.2) is 52.3 Å². The van der Waals surface area contributed by atoms with E-state index in [1.54, 1.807) is 33.8 Å². The fourth-order valence-corrected chi connectivity index (χ4v) is 8.35. The van der Waals surface area contributed by atoms with Gasteiger partial charge in [-0.25, -0.2) is 16.8 Å². The van der Waals surface area contributed by atoms with Gasteiger partial charge in [0.25, 0.3) is 0 Å². The van der Waals surface area contributed by atoms with E-state index in [-0.39, 0.29) is 9.79 Å². The molecule has 39 heavy (non-hydrogen) atoms. The van der Waals surface area contributed by atoms with E-state index in [2.05, 4.69) is 27.2 Å².